The average molecular weight is 287 g/mol. The molecule has 0 aliphatic heterocycles. The van der Waals surface area contributed by atoms with Crippen LogP contribution in [0.4, 0.5) is 5.69 Å². The molecule has 2 aromatic rings. The zero-order valence-electron chi connectivity index (χ0n) is 11.3. The van der Waals surface area contributed by atoms with Gasteiger partial charge in [-0.05, 0) is 36.2 Å². The molecule has 4 heteroatoms. The Bertz CT molecular complexity index is 584. The van der Waals surface area contributed by atoms with Crippen LogP contribution < -0.4 is 5.32 Å². The van der Waals surface area contributed by atoms with Crippen molar-refractivity contribution in [2.45, 2.75) is 18.4 Å². The van der Waals surface area contributed by atoms with E-state index in [1.54, 1.807) is 6.07 Å². The molecule has 104 valence electrons. The van der Waals surface area contributed by atoms with Gasteiger partial charge in [0.15, 0.2) is 0 Å². The van der Waals surface area contributed by atoms with E-state index in [1.807, 2.05) is 49.4 Å². The summed E-state index contributed by atoms with van der Waals surface area (Å²) >= 11 is 1.50. The first-order chi connectivity index (χ1) is 9.69. The van der Waals surface area contributed by atoms with E-state index in [0.717, 1.165) is 21.7 Å². The van der Waals surface area contributed by atoms with Gasteiger partial charge in [0.25, 0.3) is 0 Å². The Morgan fingerprint density at radius 1 is 1.20 bits per heavy atom. The maximum Gasteiger partial charge on any atom is 0.234 e. The largest absolute Gasteiger partial charge is 0.392 e. The maximum absolute atomic E-state index is 11.9. The molecule has 0 saturated heterocycles. The molecule has 0 saturated carbocycles. The quantitative estimate of drug-likeness (QED) is 0.830. The topological polar surface area (TPSA) is 49.3 Å². The van der Waals surface area contributed by atoms with Gasteiger partial charge in [0, 0.05) is 10.6 Å². The fraction of sp³-hybridized carbons (Fsp3) is 0.188. The Hall–Kier alpha value is -1.78. The molecule has 0 aliphatic carbocycles. The van der Waals surface area contributed by atoms with E-state index in [4.69, 9.17) is 5.11 Å². The lowest BCUT2D eigenvalue weighted by Crippen LogP contribution is -2.15. The van der Waals surface area contributed by atoms with E-state index in [1.165, 1.54) is 11.8 Å². The second-order valence-electron chi connectivity index (χ2n) is 4.46. The Balaban J connectivity index is 1.94. The van der Waals surface area contributed by atoms with Crippen molar-refractivity contribution >= 4 is 23.4 Å². The van der Waals surface area contributed by atoms with Gasteiger partial charge in [0.1, 0.15) is 0 Å². The predicted molar refractivity (Wildman–Crippen MR) is 82.9 cm³/mol. The molecule has 3 nitrogen and oxygen atoms in total. The van der Waals surface area contributed by atoms with Crippen molar-refractivity contribution in [3.8, 4) is 0 Å². The molecule has 2 N–H and O–H groups in total. The number of aryl methyl sites for hydroxylation is 1. The zero-order valence-corrected chi connectivity index (χ0v) is 12.1. The van der Waals surface area contributed by atoms with E-state index in [9.17, 15) is 4.79 Å². The van der Waals surface area contributed by atoms with Crippen LogP contribution in [-0.2, 0) is 11.4 Å². The van der Waals surface area contributed by atoms with Crippen molar-refractivity contribution in [1.29, 1.82) is 0 Å². The summed E-state index contributed by atoms with van der Waals surface area (Å²) in [5.41, 5.74) is 2.54. The van der Waals surface area contributed by atoms with Crippen molar-refractivity contribution in [3.63, 3.8) is 0 Å². The van der Waals surface area contributed by atoms with Gasteiger partial charge in [-0.1, -0.05) is 30.3 Å². The Labute approximate surface area is 123 Å². The normalized spacial score (nSPS) is 10.3. The van der Waals surface area contributed by atoms with Gasteiger partial charge < -0.3 is 10.4 Å². The third-order valence-electron chi connectivity index (χ3n) is 2.87. The molecule has 1 amide bonds. The smallest absolute Gasteiger partial charge is 0.234 e. The van der Waals surface area contributed by atoms with Crippen molar-refractivity contribution < 1.29 is 9.90 Å². The van der Waals surface area contributed by atoms with E-state index in [2.05, 4.69) is 5.32 Å². The molecule has 20 heavy (non-hydrogen) atoms. The number of hydrogen-bond acceptors (Lipinski definition) is 3. The summed E-state index contributed by atoms with van der Waals surface area (Å²) in [4.78, 5) is 13.0. The molecule has 0 heterocycles. The predicted octanol–water partition coefficient (Wildman–Crippen LogP) is 3.22. The lowest BCUT2D eigenvalue weighted by Gasteiger charge is -2.09. The third-order valence-corrected chi connectivity index (χ3v) is 3.88. The molecule has 2 rings (SSSR count). The lowest BCUT2D eigenvalue weighted by atomic mass is 10.1. The van der Waals surface area contributed by atoms with E-state index in [-0.39, 0.29) is 12.5 Å². The van der Waals surface area contributed by atoms with Crippen LogP contribution in [0.25, 0.3) is 0 Å². The van der Waals surface area contributed by atoms with Crippen LogP contribution in [0.15, 0.2) is 53.4 Å². The third kappa shape index (κ3) is 4.11. The molecule has 0 spiro atoms. The fourth-order valence-electron chi connectivity index (χ4n) is 1.75. The Morgan fingerprint density at radius 3 is 2.65 bits per heavy atom. The SMILES string of the molecule is Cc1ccc(CO)cc1NC(=O)CSc1ccccc1. The molecule has 0 aromatic heterocycles. The van der Waals surface area contributed by atoms with Crippen molar-refractivity contribution in [2.75, 3.05) is 11.1 Å². The van der Waals surface area contributed by atoms with Crippen LogP contribution >= 0.6 is 11.8 Å². The number of anilines is 1. The number of benzene rings is 2. The van der Waals surface area contributed by atoms with Crippen LogP contribution in [-0.4, -0.2) is 16.8 Å². The molecular weight excluding hydrogens is 270 g/mol. The number of thioether (sulfide) groups is 1. The van der Waals surface area contributed by atoms with Gasteiger partial charge in [-0.25, -0.2) is 0 Å². The summed E-state index contributed by atoms with van der Waals surface area (Å²) in [6, 6.07) is 15.4. The number of amides is 1. The molecule has 0 fully saturated rings. The monoisotopic (exact) mass is 287 g/mol. The minimum absolute atomic E-state index is 0.0259. The molecule has 0 aliphatic rings. The maximum atomic E-state index is 11.9. The summed E-state index contributed by atoms with van der Waals surface area (Å²) in [5, 5.41) is 12.0. The number of carbonyl (C=O) groups is 1. The van der Waals surface area contributed by atoms with Gasteiger partial charge in [-0.3, -0.25) is 4.79 Å². The first kappa shape index (κ1) is 14.6. The molecule has 0 bridgehead atoms. The summed E-state index contributed by atoms with van der Waals surface area (Å²) in [7, 11) is 0. The highest BCUT2D eigenvalue weighted by atomic mass is 32.2. The number of carbonyl (C=O) groups excluding carboxylic acids is 1. The van der Waals surface area contributed by atoms with Gasteiger partial charge >= 0.3 is 0 Å². The summed E-state index contributed by atoms with van der Waals surface area (Å²) in [6.45, 7) is 1.91. The molecule has 0 radical (unpaired) electrons. The summed E-state index contributed by atoms with van der Waals surface area (Å²) < 4.78 is 0. The number of nitrogens with one attached hydrogen (secondary N) is 1. The number of aliphatic hydroxyl groups excluding tert-OH is 1. The number of hydrogen-bond donors (Lipinski definition) is 2. The van der Waals surface area contributed by atoms with Crippen LogP contribution in [0, 0.1) is 6.92 Å². The average Bonchev–Trinajstić information content (AvgIpc) is 2.48. The van der Waals surface area contributed by atoms with Gasteiger partial charge in [-0.15, -0.1) is 11.8 Å². The second kappa shape index (κ2) is 7.12. The van der Waals surface area contributed by atoms with Crippen molar-refractivity contribution in [2.24, 2.45) is 0 Å². The minimum Gasteiger partial charge on any atom is -0.392 e. The van der Waals surface area contributed by atoms with E-state index < -0.39 is 0 Å². The Kier molecular flexibility index (Phi) is 5.21. The van der Waals surface area contributed by atoms with Crippen LogP contribution in [0.3, 0.4) is 0 Å². The van der Waals surface area contributed by atoms with Crippen LogP contribution in [0.1, 0.15) is 11.1 Å². The minimum atomic E-state index is -0.0444. The fourth-order valence-corrected chi connectivity index (χ4v) is 2.47. The van der Waals surface area contributed by atoms with Crippen molar-refractivity contribution in [3.05, 3.63) is 59.7 Å². The van der Waals surface area contributed by atoms with Gasteiger partial charge in [0.05, 0.1) is 12.4 Å². The van der Waals surface area contributed by atoms with Crippen LogP contribution in [0.2, 0.25) is 0 Å². The lowest BCUT2D eigenvalue weighted by molar-refractivity contribution is -0.113. The highest BCUT2D eigenvalue weighted by molar-refractivity contribution is 8.00. The molecule has 0 unspecified atom stereocenters. The Morgan fingerprint density at radius 2 is 1.95 bits per heavy atom. The summed E-state index contributed by atoms with van der Waals surface area (Å²) in [5.74, 6) is 0.323. The molecule has 0 atom stereocenters. The number of aliphatic hydroxyl groups is 1. The highest BCUT2D eigenvalue weighted by Crippen LogP contribution is 2.20. The van der Waals surface area contributed by atoms with Gasteiger partial charge in [0.2, 0.25) is 5.91 Å². The first-order valence-electron chi connectivity index (χ1n) is 6.37. The van der Waals surface area contributed by atoms with E-state index >= 15 is 0 Å². The zero-order chi connectivity index (χ0) is 14.4. The number of rotatable bonds is 5. The molecular formula is C16H17NO2S. The highest BCUT2D eigenvalue weighted by Gasteiger charge is 2.06. The first-order valence-corrected chi connectivity index (χ1v) is 7.35. The summed E-state index contributed by atoms with van der Waals surface area (Å²) in [6.07, 6.45) is 0. The molecule has 2 aromatic carbocycles. The second-order valence-corrected chi connectivity index (χ2v) is 5.51. The van der Waals surface area contributed by atoms with Crippen molar-refractivity contribution in [1.82, 2.24) is 0 Å². The van der Waals surface area contributed by atoms with E-state index in [0.29, 0.717) is 5.75 Å². The van der Waals surface area contributed by atoms with Gasteiger partial charge in [-0.2, -0.15) is 0 Å². The standard InChI is InChI=1S/C16H17NO2S/c1-12-7-8-13(10-18)9-15(12)17-16(19)11-20-14-5-3-2-4-6-14/h2-9,18H,10-11H2,1H3,(H,17,19). The van der Waals surface area contributed by atoms with Crippen LogP contribution in [0.5, 0.6) is 0 Å².